The Morgan fingerprint density at radius 1 is 1.38 bits per heavy atom. The van der Waals surface area contributed by atoms with Crippen LogP contribution in [0.4, 0.5) is 10.5 Å². The molecule has 2 amide bonds. The van der Waals surface area contributed by atoms with Crippen molar-refractivity contribution in [3.63, 3.8) is 0 Å². The summed E-state index contributed by atoms with van der Waals surface area (Å²) in [7, 11) is -3.56. The number of carbonyl (C=O) groups excluding carboxylic acids is 1. The number of aliphatic hydroxyl groups is 2. The minimum atomic E-state index is -3.56. The van der Waals surface area contributed by atoms with Gasteiger partial charge < -0.3 is 15.5 Å². The van der Waals surface area contributed by atoms with Crippen LogP contribution in [0, 0.1) is 0 Å². The van der Waals surface area contributed by atoms with E-state index in [-0.39, 0.29) is 4.34 Å². The van der Waals surface area contributed by atoms with Crippen molar-refractivity contribution in [3.8, 4) is 0 Å². The normalized spacial score (nSPS) is 20.1. The third kappa shape index (κ3) is 3.82. The molecule has 156 valence electrons. The Hall–Kier alpha value is -1.85. The lowest BCUT2D eigenvalue weighted by Gasteiger charge is -2.17. The van der Waals surface area contributed by atoms with Crippen LogP contribution in [0.5, 0.6) is 0 Å². The van der Waals surface area contributed by atoms with Crippen LogP contribution in [-0.2, 0) is 34.8 Å². The summed E-state index contributed by atoms with van der Waals surface area (Å²) in [4.78, 5) is 17.1. The number of benzene rings is 1. The minimum absolute atomic E-state index is 0.0201. The third-order valence-electron chi connectivity index (χ3n) is 5.33. The van der Waals surface area contributed by atoms with Crippen molar-refractivity contribution in [2.24, 2.45) is 9.50 Å². The first-order valence-electron chi connectivity index (χ1n) is 9.46. The SMILES string of the molecule is CC(C)(O)c1cnc([S@@](N)(=O)=NC(=O)Nc2c3c(cc4c2C(O)CC4)CCC3)s1. The van der Waals surface area contributed by atoms with Gasteiger partial charge in [0.15, 0.2) is 9.92 Å². The van der Waals surface area contributed by atoms with E-state index < -0.39 is 27.7 Å². The molecule has 1 aromatic carbocycles. The molecule has 1 aromatic heterocycles. The molecule has 0 spiro atoms. The topological polar surface area (TPSA) is 138 Å². The van der Waals surface area contributed by atoms with Gasteiger partial charge in [0, 0.05) is 11.8 Å². The van der Waals surface area contributed by atoms with Gasteiger partial charge in [-0.2, -0.15) is 0 Å². The first kappa shape index (κ1) is 20.4. The van der Waals surface area contributed by atoms with Crippen molar-refractivity contribution in [2.75, 3.05) is 5.32 Å². The standard InChI is InChI=1S/C19H24N4O4S2/c1-19(2,26)14-9-21-18(28-14)29(20,27)23-17(25)22-16-12-5-3-4-10(12)8-11-6-7-13(24)15(11)16/h8-9,13,24,26H,3-7H2,1-2H3,(H3,20,22,23,25,27)/t13?,29-/m0/s1. The number of fused-ring (bicyclic) bond motifs is 2. The number of rotatable bonds is 3. The number of nitrogens with one attached hydrogen (secondary N) is 1. The van der Waals surface area contributed by atoms with Gasteiger partial charge in [-0.25, -0.2) is 19.1 Å². The van der Waals surface area contributed by atoms with Gasteiger partial charge in [-0.15, -0.1) is 15.7 Å². The van der Waals surface area contributed by atoms with Crippen molar-refractivity contribution in [1.82, 2.24) is 4.98 Å². The summed E-state index contributed by atoms with van der Waals surface area (Å²) in [5.41, 5.74) is 3.38. The lowest BCUT2D eigenvalue weighted by atomic mass is 9.98. The molecule has 2 atom stereocenters. The molecule has 4 rings (SSSR count). The fraction of sp³-hybridized carbons (Fsp3) is 0.474. The van der Waals surface area contributed by atoms with E-state index in [4.69, 9.17) is 5.14 Å². The monoisotopic (exact) mass is 436 g/mol. The van der Waals surface area contributed by atoms with Gasteiger partial charge in [0.25, 0.3) is 0 Å². The number of amides is 2. The van der Waals surface area contributed by atoms with Crippen LogP contribution < -0.4 is 10.5 Å². The molecule has 0 radical (unpaired) electrons. The van der Waals surface area contributed by atoms with E-state index in [1.807, 2.05) is 0 Å². The van der Waals surface area contributed by atoms with Crippen molar-refractivity contribution < 1.29 is 19.2 Å². The van der Waals surface area contributed by atoms with Gasteiger partial charge in [-0.3, -0.25) is 0 Å². The number of urea groups is 1. The second-order valence-corrected chi connectivity index (χ2v) is 11.0. The van der Waals surface area contributed by atoms with E-state index in [9.17, 15) is 19.2 Å². The number of nitrogens with zero attached hydrogens (tertiary/aromatic N) is 2. The van der Waals surface area contributed by atoms with E-state index in [0.717, 1.165) is 53.7 Å². The smallest absolute Gasteiger partial charge is 0.354 e. The van der Waals surface area contributed by atoms with E-state index in [0.29, 0.717) is 17.0 Å². The molecule has 8 nitrogen and oxygen atoms in total. The molecule has 5 N–H and O–H groups in total. The second kappa shape index (κ2) is 7.13. The zero-order chi connectivity index (χ0) is 21.0. The molecule has 1 heterocycles. The van der Waals surface area contributed by atoms with Gasteiger partial charge in [-0.1, -0.05) is 6.07 Å². The van der Waals surface area contributed by atoms with E-state index >= 15 is 0 Å². The minimum Gasteiger partial charge on any atom is -0.388 e. The van der Waals surface area contributed by atoms with Gasteiger partial charge in [0.05, 0.1) is 22.3 Å². The fourth-order valence-electron chi connectivity index (χ4n) is 3.96. The Morgan fingerprint density at radius 3 is 2.83 bits per heavy atom. The van der Waals surface area contributed by atoms with Crippen LogP contribution in [0.25, 0.3) is 0 Å². The van der Waals surface area contributed by atoms with Gasteiger partial charge in [-0.05, 0) is 62.6 Å². The molecule has 0 aliphatic heterocycles. The van der Waals surface area contributed by atoms with E-state index in [1.165, 1.54) is 11.8 Å². The lowest BCUT2D eigenvalue weighted by Crippen LogP contribution is -2.19. The summed E-state index contributed by atoms with van der Waals surface area (Å²) >= 11 is 0.960. The summed E-state index contributed by atoms with van der Waals surface area (Å²) in [5.74, 6) is 0. The average molecular weight is 437 g/mol. The maximum absolute atomic E-state index is 12.8. The van der Waals surface area contributed by atoms with Crippen LogP contribution in [0.3, 0.4) is 0 Å². The number of thiazole rings is 1. The van der Waals surface area contributed by atoms with E-state index in [1.54, 1.807) is 13.8 Å². The number of anilines is 1. The molecule has 0 bridgehead atoms. The molecule has 0 fully saturated rings. The molecule has 2 aliphatic rings. The molecule has 0 saturated heterocycles. The van der Waals surface area contributed by atoms with Crippen LogP contribution in [0.15, 0.2) is 21.0 Å². The zero-order valence-electron chi connectivity index (χ0n) is 16.3. The number of hydrogen-bond acceptors (Lipinski definition) is 6. The number of carbonyl (C=O) groups is 1. The van der Waals surface area contributed by atoms with Gasteiger partial charge >= 0.3 is 6.03 Å². The highest BCUT2D eigenvalue weighted by Crippen LogP contribution is 2.43. The highest BCUT2D eigenvalue weighted by atomic mass is 32.2. The first-order valence-corrected chi connectivity index (χ1v) is 11.9. The summed E-state index contributed by atoms with van der Waals surface area (Å²) < 4.78 is 16.5. The Morgan fingerprint density at radius 2 is 2.14 bits per heavy atom. The Labute approximate surface area is 173 Å². The summed E-state index contributed by atoms with van der Waals surface area (Å²) in [6, 6.07) is 1.29. The average Bonchev–Trinajstić information content (AvgIpc) is 3.33. The maximum Gasteiger partial charge on any atom is 0.354 e. The van der Waals surface area contributed by atoms with Crippen LogP contribution in [0.1, 0.15) is 59.9 Å². The van der Waals surface area contributed by atoms with Crippen LogP contribution in [0.2, 0.25) is 0 Å². The quantitative estimate of drug-likeness (QED) is 0.586. The highest BCUT2D eigenvalue weighted by Gasteiger charge is 2.30. The third-order valence-corrected chi connectivity index (χ3v) is 8.45. The number of aryl methyl sites for hydroxylation is 2. The zero-order valence-corrected chi connectivity index (χ0v) is 17.9. The Kier molecular flexibility index (Phi) is 5.02. The fourth-order valence-corrected chi connectivity index (χ4v) is 6.04. The second-order valence-electron chi connectivity index (χ2n) is 8.01. The predicted molar refractivity (Wildman–Crippen MR) is 111 cm³/mol. The maximum atomic E-state index is 12.8. The van der Waals surface area contributed by atoms with Crippen molar-refractivity contribution >= 4 is 33.0 Å². The summed E-state index contributed by atoms with van der Waals surface area (Å²) in [6.07, 6.45) is 4.85. The number of nitrogens with two attached hydrogens (primary N) is 1. The Bertz CT molecular complexity index is 1110. The van der Waals surface area contributed by atoms with E-state index in [2.05, 4.69) is 20.7 Å². The summed E-state index contributed by atoms with van der Waals surface area (Å²) in [5, 5.41) is 29.0. The predicted octanol–water partition coefficient (Wildman–Crippen LogP) is 2.77. The molecule has 0 saturated carbocycles. The highest BCUT2D eigenvalue weighted by molar-refractivity contribution is 7.93. The molecule has 1 unspecified atom stereocenters. The number of aliphatic hydroxyl groups excluding tert-OH is 1. The summed E-state index contributed by atoms with van der Waals surface area (Å²) in [6.45, 7) is 3.16. The van der Waals surface area contributed by atoms with Crippen molar-refractivity contribution in [1.29, 1.82) is 0 Å². The van der Waals surface area contributed by atoms with Crippen LogP contribution in [-0.4, -0.2) is 25.4 Å². The molecular formula is C19H24N4O4S2. The number of hydrogen-bond donors (Lipinski definition) is 4. The molecule has 2 aromatic rings. The first-order chi connectivity index (χ1) is 13.6. The van der Waals surface area contributed by atoms with Crippen molar-refractivity contribution in [3.05, 3.63) is 39.4 Å². The molecule has 10 heteroatoms. The number of aromatic nitrogens is 1. The van der Waals surface area contributed by atoms with Crippen molar-refractivity contribution in [2.45, 2.75) is 62.0 Å². The molecule has 29 heavy (non-hydrogen) atoms. The molecular weight excluding hydrogens is 412 g/mol. The lowest BCUT2D eigenvalue weighted by molar-refractivity contribution is 0.0823. The molecule has 2 aliphatic carbocycles. The largest absolute Gasteiger partial charge is 0.388 e. The Balaban J connectivity index is 1.67. The van der Waals surface area contributed by atoms with Gasteiger partial charge in [0.1, 0.15) is 0 Å². The van der Waals surface area contributed by atoms with Crippen LogP contribution >= 0.6 is 11.3 Å². The van der Waals surface area contributed by atoms with Gasteiger partial charge in [0.2, 0.25) is 4.34 Å².